The lowest BCUT2D eigenvalue weighted by Gasteiger charge is -1.99. The van der Waals surface area contributed by atoms with Gasteiger partial charge in [0.25, 0.3) is 0 Å². The highest BCUT2D eigenvalue weighted by atomic mass is 16.5. The van der Waals surface area contributed by atoms with Gasteiger partial charge in [0.05, 0.1) is 6.61 Å². The van der Waals surface area contributed by atoms with Crippen molar-refractivity contribution in [3.63, 3.8) is 0 Å². The van der Waals surface area contributed by atoms with Gasteiger partial charge in [0.15, 0.2) is 5.82 Å². The Kier molecular flexibility index (Phi) is 4.06. The molecule has 0 aliphatic heterocycles. The number of aromatic nitrogens is 2. The highest BCUT2D eigenvalue weighted by molar-refractivity contribution is 5.89. The predicted molar refractivity (Wildman–Crippen MR) is 47.9 cm³/mol. The van der Waals surface area contributed by atoms with Crippen LogP contribution >= 0.6 is 0 Å². The summed E-state index contributed by atoms with van der Waals surface area (Å²) in [7, 11) is 1.56. The van der Waals surface area contributed by atoms with Gasteiger partial charge in [-0.25, -0.2) is 0 Å². The van der Waals surface area contributed by atoms with Crippen LogP contribution in [0.15, 0.2) is 4.52 Å². The van der Waals surface area contributed by atoms with E-state index in [0.29, 0.717) is 25.4 Å². The second-order valence-electron chi connectivity index (χ2n) is 2.62. The van der Waals surface area contributed by atoms with E-state index in [1.165, 1.54) is 0 Å². The van der Waals surface area contributed by atoms with Crippen molar-refractivity contribution >= 4 is 5.91 Å². The van der Waals surface area contributed by atoms with Gasteiger partial charge >= 0.3 is 11.8 Å². The average molecular weight is 199 g/mol. The van der Waals surface area contributed by atoms with E-state index < -0.39 is 0 Å². The normalized spacial score (nSPS) is 10.1. The number of aryl methyl sites for hydroxylation is 1. The first-order valence-electron chi connectivity index (χ1n) is 4.37. The Balaban J connectivity index is 2.44. The van der Waals surface area contributed by atoms with E-state index >= 15 is 0 Å². The van der Waals surface area contributed by atoms with Crippen LogP contribution in [-0.2, 0) is 11.2 Å². The summed E-state index contributed by atoms with van der Waals surface area (Å²) >= 11 is 0. The third-order valence-electron chi connectivity index (χ3n) is 1.57. The number of nitrogens with one attached hydrogen (secondary N) is 1. The van der Waals surface area contributed by atoms with E-state index in [-0.39, 0.29) is 11.8 Å². The molecule has 0 atom stereocenters. The second kappa shape index (κ2) is 5.33. The van der Waals surface area contributed by atoms with Crippen molar-refractivity contribution in [3.8, 4) is 0 Å². The molecule has 0 aliphatic rings. The van der Waals surface area contributed by atoms with Crippen LogP contribution in [0.5, 0.6) is 0 Å². The van der Waals surface area contributed by atoms with Crippen LogP contribution in [0.25, 0.3) is 0 Å². The van der Waals surface area contributed by atoms with Gasteiger partial charge in [-0.15, -0.1) is 0 Å². The van der Waals surface area contributed by atoms with Crippen molar-refractivity contribution < 1.29 is 14.1 Å². The summed E-state index contributed by atoms with van der Waals surface area (Å²) in [4.78, 5) is 15.2. The second-order valence-corrected chi connectivity index (χ2v) is 2.62. The van der Waals surface area contributed by atoms with Gasteiger partial charge in [0.1, 0.15) is 0 Å². The number of rotatable bonds is 5. The third kappa shape index (κ3) is 2.81. The molecule has 1 N–H and O–H groups in total. The summed E-state index contributed by atoms with van der Waals surface area (Å²) in [6.07, 6.45) is 0.648. The van der Waals surface area contributed by atoms with Crippen LogP contribution in [-0.4, -0.2) is 36.3 Å². The predicted octanol–water partition coefficient (Wildman–Crippen LogP) is 0.00820. The van der Waals surface area contributed by atoms with E-state index in [4.69, 9.17) is 9.26 Å². The van der Waals surface area contributed by atoms with Gasteiger partial charge in [-0.1, -0.05) is 12.1 Å². The molecule has 1 rings (SSSR count). The van der Waals surface area contributed by atoms with Crippen molar-refractivity contribution in [2.24, 2.45) is 0 Å². The van der Waals surface area contributed by atoms with E-state index in [9.17, 15) is 4.79 Å². The number of ether oxygens (including phenoxy) is 1. The Bertz CT molecular complexity index is 298. The van der Waals surface area contributed by atoms with Crippen LogP contribution < -0.4 is 5.32 Å². The van der Waals surface area contributed by atoms with Gasteiger partial charge in [0, 0.05) is 20.1 Å². The first kappa shape index (κ1) is 10.6. The number of hydrogen-bond acceptors (Lipinski definition) is 5. The summed E-state index contributed by atoms with van der Waals surface area (Å²) in [5, 5.41) is 6.18. The maximum absolute atomic E-state index is 11.3. The number of carbonyl (C=O) groups excluding carboxylic acids is 1. The molecule has 1 aromatic heterocycles. The first-order valence-corrected chi connectivity index (χ1v) is 4.37. The summed E-state index contributed by atoms with van der Waals surface area (Å²) < 4.78 is 9.51. The standard InChI is InChI=1S/C8H13N3O3/c1-3-6-10-8(14-11-6)7(12)9-4-5-13-2/h3-5H2,1-2H3,(H,9,12). The Morgan fingerprint density at radius 2 is 2.43 bits per heavy atom. The maximum Gasteiger partial charge on any atom is 0.315 e. The van der Waals surface area contributed by atoms with E-state index in [0.717, 1.165) is 0 Å². The topological polar surface area (TPSA) is 77.2 Å². The number of hydrogen-bond donors (Lipinski definition) is 1. The number of amides is 1. The average Bonchev–Trinajstić information content (AvgIpc) is 2.66. The fraction of sp³-hybridized carbons (Fsp3) is 0.625. The number of carbonyl (C=O) groups is 1. The molecule has 0 fully saturated rings. The lowest BCUT2D eigenvalue weighted by Crippen LogP contribution is -2.27. The zero-order chi connectivity index (χ0) is 10.4. The van der Waals surface area contributed by atoms with Crippen LogP contribution in [0.4, 0.5) is 0 Å². The number of nitrogens with zero attached hydrogens (tertiary/aromatic N) is 2. The molecule has 0 aromatic carbocycles. The zero-order valence-electron chi connectivity index (χ0n) is 8.24. The van der Waals surface area contributed by atoms with Crippen molar-refractivity contribution in [3.05, 3.63) is 11.7 Å². The van der Waals surface area contributed by atoms with E-state index in [2.05, 4.69) is 15.5 Å². The highest BCUT2D eigenvalue weighted by Gasteiger charge is 2.13. The van der Waals surface area contributed by atoms with Crippen molar-refractivity contribution in [2.75, 3.05) is 20.3 Å². The smallest absolute Gasteiger partial charge is 0.315 e. The Hall–Kier alpha value is -1.43. The monoisotopic (exact) mass is 199 g/mol. The largest absolute Gasteiger partial charge is 0.383 e. The minimum Gasteiger partial charge on any atom is -0.383 e. The quantitative estimate of drug-likeness (QED) is 0.676. The van der Waals surface area contributed by atoms with Crippen LogP contribution in [0, 0.1) is 0 Å². The third-order valence-corrected chi connectivity index (χ3v) is 1.57. The van der Waals surface area contributed by atoms with Crippen LogP contribution in [0.3, 0.4) is 0 Å². The van der Waals surface area contributed by atoms with E-state index in [1.807, 2.05) is 6.92 Å². The van der Waals surface area contributed by atoms with Crippen LogP contribution in [0.1, 0.15) is 23.4 Å². The molecule has 0 radical (unpaired) electrons. The SMILES string of the molecule is CCc1noc(C(=O)NCCOC)n1. The van der Waals surface area contributed by atoms with Gasteiger partial charge in [-0.2, -0.15) is 4.98 Å². The van der Waals surface area contributed by atoms with Crippen molar-refractivity contribution in [1.82, 2.24) is 15.5 Å². The fourth-order valence-electron chi connectivity index (χ4n) is 0.832. The lowest BCUT2D eigenvalue weighted by molar-refractivity contribution is 0.0893. The molecule has 6 heteroatoms. The zero-order valence-corrected chi connectivity index (χ0v) is 8.24. The summed E-state index contributed by atoms with van der Waals surface area (Å²) in [6.45, 7) is 2.77. The molecule has 14 heavy (non-hydrogen) atoms. The van der Waals surface area contributed by atoms with Gasteiger partial charge in [-0.3, -0.25) is 4.79 Å². The molecule has 78 valence electrons. The van der Waals surface area contributed by atoms with Crippen molar-refractivity contribution in [1.29, 1.82) is 0 Å². The molecule has 0 saturated carbocycles. The molecule has 0 spiro atoms. The lowest BCUT2D eigenvalue weighted by atomic mass is 10.5. The molecule has 0 bridgehead atoms. The molecule has 6 nitrogen and oxygen atoms in total. The van der Waals surface area contributed by atoms with Crippen LogP contribution in [0.2, 0.25) is 0 Å². The molecule has 1 amide bonds. The molecule has 0 unspecified atom stereocenters. The summed E-state index contributed by atoms with van der Waals surface area (Å²) in [5.74, 6) is 0.161. The van der Waals surface area contributed by atoms with E-state index in [1.54, 1.807) is 7.11 Å². The summed E-state index contributed by atoms with van der Waals surface area (Å²) in [5.41, 5.74) is 0. The Morgan fingerprint density at radius 1 is 1.64 bits per heavy atom. The molecule has 0 aliphatic carbocycles. The minimum atomic E-state index is -0.366. The number of methoxy groups -OCH3 is 1. The molecule has 0 saturated heterocycles. The fourth-order valence-corrected chi connectivity index (χ4v) is 0.832. The summed E-state index contributed by atoms with van der Waals surface area (Å²) in [6, 6.07) is 0. The molecular formula is C8H13N3O3. The first-order chi connectivity index (χ1) is 6.77. The van der Waals surface area contributed by atoms with Gasteiger partial charge < -0.3 is 14.6 Å². The van der Waals surface area contributed by atoms with Crippen molar-refractivity contribution in [2.45, 2.75) is 13.3 Å². The molecular weight excluding hydrogens is 186 g/mol. The Morgan fingerprint density at radius 3 is 3.00 bits per heavy atom. The molecule has 1 aromatic rings. The van der Waals surface area contributed by atoms with Gasteiger partial charge in [-0.05, 0) is 0 Å². The Labute approximate surface area is 81.6 Å². The molecule has 1 heterocycles. The maximum atomic E-state index is 11.3. The highest BCUT2D eigenvalue weighted by Crippen LogP contribution is 1.97. The minimum absolute atomic E-state index is 0.00190. The van der Waals surface area contributed by atoms with Gasteiger partial charge in [0.2, 0.25) is 0 Å².